The molecule has 11 nitrogen and oxygen atoms in total. The molecule has 12 heteroatoms. The first-order valence-corrected chi connectivity index (χ1v) is 7.87. The van der Waals surface area contributed by atoms with Crippen LogP contribution in [0.3, 0.4) is 0 Å². The van der Waals surface area contributed by atoms with Crippen LogP contribution in [0.5, 0.6) is 0 Å². The predicted octanol–water partition coefficient (Wildman–Crippen LogP) is -0.665. The molecule has 2 atom stereocenters. The first-order valence-electron chi connectivity index (χ1n) is 7.87. The van der Waals surface area contributed by atoms with Crippen LogP contribution < -0.4 is 16.8 Å². The number of hydrogen-bond donors (Lipinski definition) is 5. The number of hydrazine groups is 1. The number of nitrogens with zero attached hydrogens (tertiary/aromatic N) is 2. The second-order valence-electron chi connectivity index (χ2n) is 6.21. The normalized spacial score (nSPS) is 19.5. The molecule has 1 aliphatic heterocycles. The van der Waals surface area contributed by atoms with E-state index in [0.717, 1.165) is 6.92 Å². The Morgan fingerprint density at radius 2 is 1.86 bits per heavy atom. The number of nitrogen functional groups attached to an aromatic ring is 1. The number of halogens is 1. The van der Waals surface area contributed by atoms with Crippen LogP contribution in [0.4, 0.5) is 4.79 Å². The minimum Gasteiger partial charge on any atom is -0.480 e. The number of urea groups is 1. The summed E-state index contributed by atoms with van der Waals surface area (Å²) in [4.78, 5) is 48.2. The second-order valence-corrected chi connectivity index (χ2v) is 6.21. The Kier molecular flexibility index (Phi) is 6.72. The van der Waals surface area contributed by atoms with E-state index in [-0.39, 0.29) is 18.2 Å². The van der Waals surface area contributed by atoms with Gasteiger partial charge in [0.05, 0.1) is 6.54 Å². The van der Waals surface area contributed by atoms with Crippen LogP contribution in [0.25, 0.3) is 0 Å². The minimum absolute atomic E-state index is 0. The van der Waals surface area contributed by atoms with Gasteiger partial charge in [-0.15, -0.1) is 12.4 Å². The fourth-order valence-corrected chi connectivity index (χ4v) is 2.64. The van der Waals surface area contributed by atoms with Gasteiger partial charge in [-0.25, -0.2) is 9.80 Å². The molecule has 7 N–H and O–H groups in total. The average molecular weight is 413 g/mol. The zero-order valence-electron chi connectivity index (χ0n) is 15.1. The number of carboxylic acids is 1. The van der Waals surface area contributed by atoms with E-state index >= 15 is 0 Å². The third kappa shape index (κ3) is 4.05. The lowest BCUT2D eigenvalue weighted by Crippen LogP contribution is -2.55. The number of amides is 4. The van der Waals surface area contributed by atoms with Crippen LogP contribution in [-0.4, -0.2) is 57.4 Å². The van der Waals surface area contributed by atoms with Crippen molar-refractivity contribution < 1.29 is 24.3 Å². The van der Waals surface area contributed by atoms with Crippen molar-refractivity contribution in [1.29, 1.82) is 5.41 Å². The largest absolute Gasteiger partial charge is 0.480 e. The van der Waals surface area contributed by atoms with Crippen molar-refractivity contribution >= 4 is 42.1 Å². The van der Waals surface area contributed by atoms with Gasteiger partial charge >= 0.3 is 12.0 Å². The Balaban J connectivity index is 0.00000392. The molecule has 1 aromatic carbocycles. The first kappa shape index (κ1) is 22.9. The van der Waals surface area contributed by atoms with E-state index in [2.05, 4.69) is 5.32 Å². The van der Waals surface area contributed by atoms with Gasteiger partial charge in [-0.3, -0.25) is 19.8 Å². The van der Waals surface area contributed by atoms with Gasteiger partial charge in [0.1, 0.15) is 17.4 Å². The average Bonchev–Trinajstić information content (AvgIpc) is 2.82. The van der Waals surface area contributed by atoms with Crippen molar-refractivity contribution in [3.05, 3.63) is 35.4 Å². The van der Waals surface area contributed by atoms with Gasteiger partial charge in [0.25, 0.3) is 5.91 Å². The van der Waals surface area contributed by atoms with Crippen molar-refractivity contribution in [2.75, 3.05) is 6.54 Å². The van der Waals surface area contributed by atoms with E-state index in [0.29, 0.717) is 21.1 Å². The molecule has 0 radical (unpaired) electrons. The van der Waals surface area contributed by atoms with E-state index < -0.39 is 41.9 Å². The molecule has 1 heterocycles. The number of aliphatic carboxylic acids is 1. The maximum Gasteiger partial charge on any atom is 0.344 e. The Hall–Kier alpha value is -3.18. The molecule has 0 unspecified atom stereocenters. The minimum atomic E-state index is -1.49. The number of carbonyl (C=O) groups excluding carboxylic acids is 3. The lowest BCUT2D eigenvalue weighted by Gasteiger charge is -2.30. The second kappa shape index (κ2) is 8.23. The SMILES string of the molecule is CC(=O)N(C[C@H](N)C(=O)O)N1C(=O)N[C@](C)(c2ccc(C(=N)N)cc2)C1=O.Cl. The number of carboxylic acid groups (broad SMARTS) is 1. The number of hydrogen-bond acceptors (Lipinski definition) is 6. The molecule has 1 fully saturated rings. The fraction of sp³-hybridized carbons (Fsp3) is 0.312. The smallest absolute Gasteiger partial charge is 0.344 e. The summed E-state index contributed by atoms with van der Waals surface area (Å²) in [6.45, 7) is 1.99. The van der Waals surface area contributed by atoms with Crippen LogP contribution in [0.2, 0.25) is 0 Å². The molecular formula is C16H21ClN6O5. The number of carbonyl (C=O) groups is 4. The van der Waals surface area contributed by atoms with Crippen LogP contribution in [0.15, 0.2) is 24.3 Å². The number of rotatable bonds is 6. The summed E-state index contributed by atoms with van der Waals surface area (Å²) in [6, 6.07) is 3.74. The van der Waals surface area contributed by atoms with Gasteiger partial charge in [0.2, 0.25) is 5.91 Å². The Bertz CT molecular complexity index is 829. The predicted molar refractivity (Wildman–Crippen MR) is 100 cm³/mol. The van der Waals surface area contributed by atoms with Crippen LogP contribution in [0.1, 0.15) is 25.0 Å². The number of amidine groups is 1. The zero-order valence-corrected chi connectivity index (χ0v) is 15.9. The molecule has 1 saturated heterocycles. The highest BCUT2D eigenvalue weighted by Crippen LogP contribution is 2.30. The summed E-state index contributed by atoms with van der Waals surface area (Å²) in [5.41, 5.74) is 10.2. The van der Waals surface area contributed by atoms with Crippen LogP contribution >= 0.6 is 12.4 Å². The number of nitrogens with one attached hydrogen (secondary N) is 2. The summed E-state index contributed by atoms with van der Waals surface area (Å²) in [5.74, 6) is -3.02. The summed E-state index contributed by atoms with van der Waals surface area (Å²) in [7, 11) is 0. The molecule has 1 aromatic rings. The molecule has 0 aliphatic carbocycles. The van der Waals surface area contributed by atoms with E-state index in [9.17, 15) is 19.2 Å². The zero-order chi connectivity index (χ0) is 20.5. The third-order valence-electron chi connectivity index (χ3n) is 4.23. The van der Waals surface area contributed by atoms with Gasteiger partial charge in [0, 0.05) is 12.5 Å². The molecule has 0 bridgehead atoms. The van der Waals surface area contributed by atoms with E-state index in [1.54, 1.807) is 0 Å². The molecule has 2 rings (SSSR count). The summed E-state index contributed by atoms with van der Waals surface area (Å²) < 4.78 is 0. The molecule has 1 aliphatic rings. The lowest BCUT2D eigenvalue weighted by atomic mass is 9.91. The highest BCUT2D eigenvalue weighted by molar-refractivity contribution is 6.08. The topological polar surface area (TPSA) is 183 Å². The van der Waals surface area contributed by atoms with Crippen molar-refractivity contribution in [2.45, 2.75) is 25.4 Å². The van der Waals surface area contributed by atoms with Crippen molar-refractivity contribution in [1.82, 2.24) is 15.3 Å². The summed E-state index contributed by atoms with van der Waals surface area (Å²) in [5, 5.41) is 20.1. The van der Waals surface area contributed by atoms with Crippen molar-refractivity contribution in [3.63, 3.8) is 0 Å². The molecular weight excluding hydrogens is 392 g/mol. The number of benzene rings is 1. The van der Waals surface area contributed by atoms with Crippen LogP contribution in [-0.2, 0) is 19.9 Å². The molecule has 152 valence electrons. The molecule has 28 heavy (non-hydrogen) atoms. The maximum atomic E-state index is 12.9. The number of nitrogens with two attached hydrogens (primary N) is 2. The van der Waals surface area contributed by atoms with Crippen LogP contribution in [0, 0.1) is 5.41 Å². The van der Waals surface area contributed by atoms with Crippen molar-refractivity contribution in [2.24, 2.45) is 11.5 Å². The fourth-order valence-electron chi connectivity index (χ4n) is 2.64. The highest BCUT2D eigenvalue weighted by atomic mass is 35.5. The molecule has 0 spiro atoms. The van der Waals surface area contributed by atoms with E-state index in [4.69, 9.17) is 22.0 Å². The molecule has 0 aromatic heterocycles. The Labute approximate surface area is 166 Å². The van der Waals surface area contributed by atoms with Gasteiger partial charge < -0.3 is 21.9 Å². The van der Waals surface area contributed by atoms with Gasteiger partial charge in [-0.1, -0.05) is 24.3 Å². The quantitative estimate of drug-likeness (QED) is 0.233. The number of imide groups is 1. The van der Waals surface area contributed by atoms with E-state index in [1.165, 1.54) is 31.2 Å². The van der Waals surface area contributed by atoms with Gasteiger partial charge in [-0.05, 0) is 12.5 Å². The Morgan fingerprint density at radius 1 is 1.32 bits per heavy atom. The maximum absolute atomic E-state index is 12.9. The van der Waals surface area contributed by atoms with Gasteiger partial charge in [-0.2, -0.15) is 5.01 Å². The lowest BCUT2D eigenvalue weighted by molar-refractivity contribution is -0.157. The Morgan fingerprint density at radius 3 is 2.29 bits per heavy atom. The third-order valence-corrected chi connectivity index (χ3v) is 4.23. The van der Waals surface area contributed by atoms with Crippen molar-refractivity contribution in [3.8, 4) is 0 Å². The molecule has 0 saturated carbocycles. The van der Waals surface area contributed by atoms with Gasteiger partial charge in [0.15, 0.2) is 0 Å². The van der Waals surface area contributed by atoms with E-state index in [1.807, 2.05) is 0 Å². The summed E-state index contributed by atoms with van der Waals surface area (Å²) >= 11 is 0. The monoisotopic (exact) mass is 412 g/mol. The first-order chi connectivity index (χ1) is 12.5. The highest BCUT2D eigenvalue weighted by Gasteiger charge is 2.52. The molecule has 4 amide bonds. The standard InChI is InChI=1S/C16H20N6O5.ClH/c1-8(23)21(7-11(17)13(24)25)22-14(26)16(2,20-15(22)27)10-5-3-9(4-6-10)12(18)19;/h3-6,11H,7,17H2,1-2H3,(H3,18,19)(H,20,27)(H,24,25);1H/t11-,16+;/m0./s1. The summed E-state index contributed by atoms with van der Waals surface area (Å²) in [6.07, 6.45) is 0.